The van der Waals surface area contributed by atoms with Gasteiger partial charge in [0.2, 0.25) is 0 Å². The second kappa shape index (κ2) is 9.53. The molecule has 37 heavy (non-hydrogen) atoms. The standard InChI is InChI=1S/C27H23F3N6O/c1-3-35-16-23(17(2)34-35)25-12-22(21-9-4-5-10-24(21)33-25)26(37)32-20-13-31-36(15-20)14-18-7-6-8-19(11-18)27(28,29)30/h4-13,15-16H,3,14H2,1-2H3,(H,32,37). The van der Waals surface area contributed by atoms with Crippen LogP contribution in [-0.4, -0.2) is 30.5 Å². The maximum absolute atomic E-state index is 13.4. The first kappa shape index (κ1) is 24.2. The first-order valence-corrected chi connectivity index (χ1v) is 11.7. The van der Waals surface area contributed by atoms with E-state index >= 15 is 0 Å². The van der Waals surface area contributed by atoms with Gasteiger partial charge in [-0.1, -0.05) is 30.3 Å². The number of nitrogens with zero attached hydrogens (tertiary/aromatic N) is 5. The van der Waals surface area contributed by atoms with Crippen molar-refractivity contribution in [1.29, 1.82) is 0 Å². The van der Waals surface area contributed by atoms with E-state index in [1.54, 1.807) is 18.3 Å². The molecule has 5 rings (SSSR count). The van der Waals surface area contributed by atoms with Crippen molar-refractivity contribution in [3.8, 4) is 11.3 Å². The van der Waals surface area contributed by atoms with Crippen LogP contribution in [-0.2, 0) is 19.3 Å². The number of para-hydroxylation sites is 1. The second-order valence-electron chi connectivity index (χ2n) is 8.63. The van der Waals surface area contributed by atoms with Gasteiger partial charge in [-0.2, -0.15) is 23.4 Å². The van der Waals surface area contributed by atoms with Crippen molar-refractivity contribution < 1.29 is 18.0 Å². The summed E-state index contributed by atoms with van der Waals surface area (Å²) in [5.74, 6) is -0.348. The van der Waals surface area contributed by atoms with E-state index in [2.05, 4.69) is 15.5 Å². The van der Waals surface area contributed by atoms with Crippen LogP contribution in [0.3, 0.4) is 0 Å². The number of fused-ring (bicyclic) bond motifs is 1. The maximum atomic E-state index is 13.4. The number of nitrogens with one attached hydrogen (secondary N) is 1. The Kier molecular flexibility index (Phi) is 6.24. The summed E-state index contributed by atoms with van der Waals surface area (Å²) in [7, 11) is 0. The SMILES string of the molecule is CCn1cc(-c2cc(C(=O)Nc3cnn(Cc4cccc(C(F)(F)F)c4)c3)c3ccccc3n2)c(C)n1. The summed E-state index contributed by atoms with van der Waals surface area (Å²) >= 11 is 0. The average Bonchev–Trinajstić information content (AvgIpc) is 3.48. The highest BCUT2D eigenvalue weighted by Crippen LogP contribution is 2.30. The van der Waals surface area contributed by atoms with Crippen LogP contribution in [0.1, 0.15) is 34.1 Å². The zero-order valence-corrected chi connectivity index (χ0v) is 20.1. The average molecular weight is 505 g/mol. The molecule has 1 N–H and O–H groups in total. The summed E-state index contributed by atoms with van der Waals surface area (Å²) in [5, 5.41) is 12.2. The monoisotopic (exact) mass is 504 g/mol. The first-order chi connectivity index (χ1) is 17.7. The largest absolute Gasteiger partial charge is 0.416 e. The molecule has 188 valence electrons. The highest BCUT2D eigenvalue weighted by molar-refractivity contribution is 6.13. The molecule has 2 aromatic carbocycles. The summed E-state index contributed by atoms with van der Waals surface area (Å²) in [6.45, 7) is 4.74. The number of hydrogen-bond acceptors (Lipinski definition) is 4. The molecule has 0 fully saturated rings. The molecule has 0 aliphatic rings. The van der Waals surface area contributed by atoms with Crippen LogP contribution >= 0.6 is 0 Å². The fourth-order valence-corrected chi connectivity index (χ4v) is 4.18. The van der Waals surface area contributed by atoms with E-state index in [4.69, 9.17) is 4.98 Å². The van der Waals surface area contributed by atoms with Gasteiger partial charge in [0.1, 0.15) is 0 Å². The molecule has 0 aliphatic carbocycles. The van der Waals surface area contributed by atoms with Gasteiger partial charge in [0, 0.05) is 29.9 Å². The van der Waals surface area contributed by atoms with E-state index in [9.17, 15) is 18.0 Å². The Morgan fingerprint density at radius 3 is 2.59 bits per heavy atom. The molecule has 0 saturated carbocycles. The number of carbonyl (C=O) groups is 1. The van der Waals surface area contributed by atoms with Gasteiger partial charge in [-0.25, -0.2) is 4.98 Å². The molecule has 7 nitrogen and oxygen atoms in total. The summed E-state index contributed by atoms with van der Waals surface area (Å²) in [4.78, 5) is 18.1. The van der Waals surface area contributed by atoms with Crippen LogP contribution in [0.5, 0.6) is 0 Å². The number of benzene rings is 2. The molecule has 0 bridgehead atoms. The zero-order chi connectivity index (χ0) is 26.2. The number of anilines is 1. The predicted octanol–water partition coefficient (Wildman–Crippen LogP) is 5.94. The number of alkyl halides is 3. The fraction of sp³-hybridized carbons (Fsp3) is 0.185. The molecule has 0 radical (unpaired) electrons. The lowest BCUT2D eigenvalue weighted by molar-refractivity contribution is -0.137. The Bertz CT molecular complexity index is 1600. The Morgan fingerprint density at radius 2 is 1.84 bits per heavy atom. The lowest BCUT2D eigenvalue weighted by Crippen LogP contribution is -2.13. The molecule has 0 saturated heterocycles. The third-order valence-electron chi connectivity index (χ3n) is 6.00. The number of rotatable bonds is 6. The van der Waals surface area contributed by atoms with Crippen LogP contribution in [0.25, 0.3) is 22.2 Å². The van der Waals surface area contributed by atoms with Crippen molar-refractivity contribution in [2.24, 2.45) is 0 Å². The Morgan fingerprint density at radius 1 is 1.03 bits per heavy atom. The molecule has 1 amide bonds. The highest BCUT2D eigenvalue weighted by atomic mass is 19.4. The van der Waals surface area contributed by atoms with Gasteiger partial charge in [-0.15, -0.1) is 0 Å². The smallest absolute Gasteiger partial charge is 0.319 e. The summed E-state index contributed by atoms with van der Waals surface area (Å²) < 4.78 is 42.4. The van der Waals surface area contributed by atoms with Crippen molar-refractivity contribution in [1.82, 2.24) is 24.5 Å². The van der Waals surface area contributed by atoms with Crippen LogP contribution in [0, 0.1) is 6.92 Å². The zero-order valence-electron chi connectivity index (χ0n) is 20.1. The molecule has 0 atom stereocenters. The van der Waals surface area contributed by atoms with E-state index < -0.39 is 11.7 Å². The van der Waals surface area contributed by atoms with E-state index in [0.29, 0.717) is 40.0 Å². The minimum absolute atomic E-state index is 0.128. The van der Waals surface area contributed by atoms with E-state index in [1.165, 1.54) is 16.9 Å². The topological polar surface area (TPSA) is 77.6 Å². The Labute approximate surface area is 210 Å². The molecule has 0 spiro atoms. The lowest BCUT2D eigenvalue weighted by atomic mass is 10.0. The number of carbonyl (C=O) groups excluding carboxylic acids is 1. The molecule has 3 aromatic heterocycles. The Balaban J connectivity index is 1.41. The number of amides is 1. The van der Waals surface area contributed by atoms with Gasteiger partial charge in [0.05, 0.1) is 46.5 Å². The first-order valence-electron chi connectivity index (χ1n) is 11.7. The molecule has 3 heterocycles. The summed E-state index contributed by atoms with van der Waals surface area (Å²) in [6, 6.07) is 14.2. The fourth-order valence-electron chi connectivity index (χ4n) is 4.18. The minimum Gasteiger partial charge on any atom is -0.319 e. The van der Waals surface area contributed by atoms with E-state index in [-0.39, 0.29) is 12.5 Å². The predicted molar refractivity (Wildman–Crippen MR) is 134 cm³/mol. The number of hydrogen-bond donors (Lipinski definition) is 1. The van der Waals surface area contributed by atoms with Gasteiger partial charge in [-0.3, -0.25) is 14.2 Å². The summed E-state index contributed by atoms with van der Waals surface area (Å²) in [6.07, 6.45) is 0.536. The van der Waals surface area contributed by atoms with Crippen LogP contribution < -0.4 is 5.32 Å². The summed E-state index contributed by atoms with van der Waals surface area (Å²) in [5.41, 5.74) is 3.57. The Hall–Kier alpha value is -4.47. The normalized spacial score (nSPS) is 11.7. The van der Waals surface area contributed by atoms with Gasteiger partial charge in [0.25, 0.3) is 5.91 Å². The van der Waals surface area contributed by atoms with Gasteiger partial charge >= 0.3 is 6.18 Å². The van der Waals surface area contributed by atoms with Crippen molar-refractivity contribution in [2.75, 3.05) is 5.32 Å². The van der Waals surface area contributed by atoms with Crippen molar-refractivity contribution >= 4 is 22.5 Å². The van der Waals surface area contributed by atoms with Crippen molar-refractivity contribution in [2.45, 2.75) is 33.1 Å². The number of aromatic nitrogens is 5. The molecule has 10 heteroatoms. The van der Waals surface area contributed by atoms with Crippen molar-refractivity contribution in [3.63, 3.8) is 0 Å². The minimum atomic E-state index is -4.42. The highest BCUT2D eigenvalue weighted by Gasteiger charge is 2.30. The molecule has 0 unspecified atom stereocenters. The quantitative estimate of drug-likeness (QED) is 0.310. The molecular formula is C27H23F3N6O. The van der Waals surface area contributed by atoms with Crippen LogP contribution in [0.4, 0.5) is 18.9 Å². The number of pyridine rings is 1. The second-order valence-corrected chi connectivity index (χ2v) is 8.63. The van der Waals surface area contributed by atoms with Crippen molar-refractivity contribution in [3.05, 3.63) is 95.6 Å². The van der Waals surface area contributed by atoms with Crippen LogP contribution in [0.15, 0.2) is 73.2 Å². The van der Waals surface area contributed by atoms with E-state index in [0.717, 1.165) is 23.4 Å². The lowest BCUT2D eigenvalue weighted by Gasteiger charge is -2.10. The third-order valence-corrected chi connectivity index (χ3v) is 6.00. The number of aryl methyl sites for hydroxylation is 2. The molecule has 0 aliphatic heterocycles. The molecular weight excluding hydrogens is 481 g/mol. The van der Waals surface area contributed by atoms with Crippen LogP contribution in [0.2, 0.25) is 0 Å². The van der Waals surface area contributed by atoms with Gasteiger partial charge in [0.15, 0.2) is 0 Å². The van der Waals surface area contributed by atoms with Gasteiger partial charge < -0.3 is 5.32 Å². The molecule has 5 aromatic rings. The maximum Gasteiger partial charge on any atom is 0.416 e. The third kappa shape index (κ3) is 5.09. The number of halogens is 3. The van der Waals surface area contributed by atoms with E-state index in [1.807, 2.05) is 49.0 Å². The van der Waals surface area contributed by atoms with Gasteiger partial charge in [-0.05, 0) is 43.7 Å².